The number of hydrogen-bond donors (Lipinski definition) is 0. The molecule has 4 atom stereocenters. The van der Waals surface area contributed by atoms with Gasteiger partial charge < -0.3 is 4.74 Å². The number of hydrogen-bond acceptors (Lipinski definition) is 2. The van der Waals surface area contributed by atoms with E-state index in [0.717, 1.165) is 17.7 Å². The van der Waals surface area contributed by atoms with Gasteiger partial charge in [0.05, 0.1) is 11.0 Å². The maximum Gasteiger partial charge on any atom is 0.177 e. The summed E-state index contributed by atoms with van der Waals surface area (Å²) in [7, 11) is 0. The van der Waals surface area contributed by atoms with Crippen LogP contribution in [0.4, 0.5) is 0 Å². The van der Waals surface area contributed by atoms with Crippen molar-refractivity contribution in [2.45, 2.75) is 12.3 Å². The predicted octanol–water partition coefficient (Wildman–Crippen LogP) is 4.24. The van der Waals surface area contributed by atoms with Crippen molar-refractivity contribution in [3.8, 4) is 5.75 Å². The Bertz CT molecular complexity index is 808. The molecule has 5 rings (SSSR count). The first kappa shape index (κ1) is 13.1. The molecular weight excluding hydrogens is 284 g/mol. The zero-order chi connectivity index (χ0) is 15.4. The van der Waals surface area contributed by atoms with Gasteiger partial charge in [0, 0.05) is 5.92 Å². The number of rotatable bonds is 1. The highest BCUT2D eigenvalue weighted by Crippen LogP contribution is 2.63. The smallest absolute Gasteiger partial charge is 0.177 e. The third-order valence-electron chi connectivity index (χ3n) is 5.94. The summed E-state index contributed by atoms with van der Waals surface area (Å²) in [4.78, 5) is 13.5. The second kappa shape index (κ2) is 4.58. The molecule has 1 spiro atoms. The van der Waals surface area contributed by atoms with Crippen LogP contribution in [0, 0.1) is 17.3 Å². The fraction of sp³-hybridized carbons (Fsp3) is 0.286. The Morgan fingerprint density at radius 2 is 1.74 bits per heavy atom. The summed E-state index contributed by atoms with van der Waals surface area (Å²) < 4.78 is 6.08. The molecule has 0 unspecified atom stereocenters. The van der Waals surface area contributed by atoms with Gasteiger partial charge in [0.2, 0.25) is 0 Å². The number of Topliss-reactive ketones (excluding diaryl/α,β-unsaturated/α-hetero) is 1. The maximum absolute atomic E-state index is 13.5. The number of fused-ring (bicyclic) bond motifs is 4. The number of allylic oxidation sites excluding steroid dienone is 2. The zero-order valence-electron chi connectivity index (χ0n) is 12.8. The van der Waals surface area contributed by atoms with Crippen molar-refractivity contribution in [1.29, 1.82) is 0 Å². The molecule has 0 N–H and O–H groups in total. The Kier molecular flexibility index (Phi) is 2.61. The van der Waals surface area contributed by atoms with Crippen molar-refractivity contribution in [2.24, 2.45) is 17.3 Å². The number of carbonyl (C=O) groups is 1. The summed E-state index contributed by atoms with van der Waals surface area (Å²) in [6.45, 7) is 0.494. The van der Waals surface area contributed by atoms with E-state index in [4.69, 9.17) is 4.74 Å². The van der Waals surface area contributed by atoms with Crippen LogP contribution in [0.1, 0.15) is 28.3 Å². The van der Waals surface area contributed by atoms with Crippen LogP contribution in [0.3, 0.4) is 0 Å². The van der Waals surface area contributed by atoms with Crippen molar-refractivity contribution in [3.05, 3.63) is 77.9 Å². The molecule has 1 fully saturated rings. The van der Waals surface area contributed by atoms with Crippen molar-refractivity contribution >= 4 is 5.78 Å². The minimum absolute atomic E-state index is 0.222. The lowest BCUT2D eigenvalue weighted by Crippen LogP contribution is -2.48. The van der Waals surface area contributed by atoms with Gasteiger partial charge >= 0.3 is 0 Å². The Morgan fingerprint density at radius 3 is 2.61 bits per heavy atom. The van der Waals surface area contributed by atoms with Gasteiger partial charge in [-0.3, -0.25) is 4.79 Å². The Balaban J connectivity index is 1.69. The minimum Gasteiger partial charge on any atom is -0.492 e. The van der Waals surface area contributed by atoms with Gasteiger partial charge in [0.1, 0.15) is 12.4 Å². The Labute approximate surface area is 135 Å². The molecule has 2 nitrogen and oxygen atoms in total. The maximum atomic E-state index is 13.5. The number of para-hydroxylation sites is 1. The fourth-order valence-electron chi connectivity index (χ4n) is 4.97. The second-order valence-electron chi connectivity index (χ2n) is 6.93. The lowest BCUT2D eigenvalue weighted by Gasteiger charge is -2.43. The van der Waals surface area contributed by atoms with Gasteiger partial charge in [0.15, 0.2) is 5.78 Å². The van der Waals surface area contributed by atoms with E-state index in [9.17, 15) is 4.79 Å². The first-order valence-corrected chi connectivity index (χ1v) is 8.30. The molecule has 2 aromatic rings. The van der Waals surface area contributed by atoms with Crippen LogP contribution >= 0.6 is 0 Å². The third-order valence-corrected chi connectivity index (χ3v) is 5.94. The lowest BCUT2D eigenvalue weighted by molar-refractivity contribution is 0.0461. The SMILES string of the molecule is O=C1c2ccccc2OC[C@]12[C@H](c1ccccc1)[C@H]1C=C[C@H]2C1. The highest BCUT2D eigenvalue weighted by atomic mass is 16.5. The van der Waals surface area contributed by atoms with Crippen molar-refractivity contribution in [1.82, 2.24) is 0 Å². The lowest BCUT2D eigenvalue weighted by atomic mass is 9.62. The molecule has 1 heterocycles. The van der Waals surface area contributed by atoms with Crippen LogP contribution in [-0.4, -0.2) is 12.4 Å². The van der Waals surface area contributed by atoms with Gasteiger partial charge in [-0.25, -0.2) is 0 Å². The molecule has 0 amide bonds. The van der Waals surface area contributed by atoms with E-state index >= 15 is 0 Å². The molecule has 114 valence electrons. The molecular formula is C21H18O2. The summed E-state index contributed by atoms with van der Waals surface area (Å²) in [6, 6.07) is 18.2. The molecule has 1 saturated carbocycles. The van der Waals surface area contributed by atoms with Gasteiger partial charge in [0.25, 0.3) is 0 Å². The Morgan fingerprint density at radius 1 is 0.957 bits per heavy atom. The quantitative estimate of drug-likeness (QED) is 0.737. The van der Waals surface area contributed by atoms with E-state index in [0.29, 0.717) is 18.4 Å². The van der Waals surface area contributed by atoms with Crippen LogP contribution in [-0.2, 0) is 0 Å². The van der Waals surface area contributed by atoms with Crippen LogP contribution in [0.5, 0.6) is 5.75 Å². The first-order chi connectivity index (χ1) is 11.3. The van der Waals surface area contributed by atoms with Gasteiger partial charge in [-0.1, -0.05) is 54.6 Å². The summed E-state index contributed by atoms with van der Waals surface area (Å²) >= 11 is 0. The third kappa shape index (κ3) is 1.61. The largest absolute Gasteiger partial charge is 0.492 e. The first-order valence-electron chi connectivity index (χ1n) is 8.30. The standard InChI is InChI=1S/C21H18O2/c22-20-17-8-4-5-9-18(17)23-13-21(20)16-11-10-15(12-16)19(21)14-6-2-1-3-7-14/h1-11,15-16,19H,12-13H2/t15-,16-,19+,21-/m0/s1. The molecule has 3 aliphatic rings. The molecule has 0 saturated heterocycles. The summed E-state index contributed by atoms with van der Waals surface area (Å²) in [5.74, 6) is 1.96. The topological polar surface area (TPSA) is 26.3 Å². The second-order valence-corrected chi connectivity index (χ2v) is 6.93. The highest BCUT2D eigenvalue weighted by Gasteiger charge is 2.62. The number of carbonyl (C=O) groups excluding carboxylic acids is 1. The number of benzene rings is 2. The highest BCUT2D eigenvalue weighted by molar-refractivity contribution is 6.05. The monoisotopic (exact) mass is 302 g/mol. The number of ketones is 1. The van der Waals surface area contributed by atoms with Gasteiger partial charge in [-0.2, -0.15) is 0 Å². The van der Waals surface area contributed by atoms with E-state index < -0.39 is 5.41 Å². The summed E-state index contributed by atoms with van der Waals surface area (Å²) in [5.41, 5.74) is 1.58. The average molecular weight is 302 g/mol. The summed E-state index contributed by atoms with van der Waals surface area (Å²) in [5, 5.41) is 0. The molecule has 2 bridgehead atoms. The van der Waals surface area contributed by atoms with Gasteiger partial charge in [-0.05, 0) is 36.0 Å². The van der Waals surface area contributed by atoms with Crippen molar-refractivity contribution < 1.29 is 9.53 Å². The minimum atomic E-state index is -0.435. The summed E-state index contributed by atoms with van der Waals surface area (Å²) in [6.07, 6.45) is 5.62. The molecule has 2 aliphatic carbocycles. The molecule has 2 heteroatoms. The van der Waals surface area contributed by atoms with E-state index in [1.165, 1.54) is 5.56 Å². The van der Waals surface area contributed by atoms with E-state index in [2.05, 4.69) is 36.4 Å². The number of ether oxygens (including phenoxy) is 1. The predicted molar refractivity (Wildman–Crippen MR) is 88.6 cm³/mol. The van der Waals surface area contributed by atoms with Crippen molar-refractivity contribution in [2.75, 3.05) is 6.61 Å². The van der Waals surface area contributed by atoms with E-state index in [1.54, 1.807) is 0 Å². The molecule has 0 radical (unpaired) electrons. The zero-order valence-corrected chi connectivity index (χ0v) is 12.8. The van der Waals surface area contributed by atoms with Crippen molar-refractivity contribution in [3.63, 3.8) is 0 Å². The van der Waals surface area contributed by atoms with Crippen LogP contribution < -0.4 is 4.74 Å². The Hall–Kier alpha value is -2.35. The van der Waals surface area contributed by atoms with E-state index in [1.807, 2.05) is 30.3 Å². The normalized spacial score (nSPS) is 33.7. The van der Waals surface area contributed by atoms with Crippen LogP contribution in [0.25, 0.3) is 0 Å². The average Bonchev–Trinajstić information content (AvgIpc) is 3.20. The molecule has 0 aromatic heterocycles. The van der Waals surface area contributed by atoms with Gasteiger partial charge in [-0.15, -0.1) is 0 Å². The molecule has 2 aromatic carbocycles. The van der Waals surface area contributed by atoms with Crippen LogP contribution in [0.2, 0.25) is 0 Å². The molecule has 23 heavy (non-hydrogen) atoms. The fourth-order valence-corrected chi connectivity index (χ4v) is 4.97. The van der Waals surface area contributed by atoms with E-state index in [-0.39, 0.29) is 11.7 Å². The van der Waals surface area contributed by atoms with Crippen LogP contribution in [0.15, 0.2) is 66.7 Å². The molecule has 1 aliphatic heterocycles.